The van der Waals surface area contributed by atoms with Crippen LogP contribution >= 0.6 is 0 Å². The molecular weight excluding hydrogens is 778 g/mol. The Kier molecular flexibility index (Phi) is 17.0. The number of amides is 2. The first-order chi connectivity index (χ1) is 27.9. The van der Waals surface area contributed by atoms with Crippen LogP contribution < -0.4 is 5.32 Å². The van der Waals surface area contributed by atoms with Crippen LogP contribution in [-0.2, 0) is 33.2 Å². The van der Waals surface area contributed by atoms with Gasteiger partial charge < -0.3 is 69.1 Å². The van der Waals surface area contributed by atoms with E-state index in [0.29, 0.717) is 12.1 Å². The molecule has 0 bridgehead atoms. The number of ether oxygens (including phenoxy) is 6. The van der Waals surface area contributed by atoms with Crippen LogP contribution in [0, 0.1) is 17.8 Å². The van der Waals surface area contributed by atoms with Gasteiger partial charge in [0.15, 0.2) is 12.6 Å². The highest BCUT2D eigenvalue weighted by molar-refractivity contribution is 5.89. The fourth-order valence-corrected chi connectivity index (χ4v) is 9.49. The van der Waals surface area contributed by atoms with Crippen molar-refractivity contribution in [1.29, 1.82) is 0 Å². The predicted octanol–water partition coefficient (Wildman–Crippen LogP) is 3.50. The molecule has 3 heterocycles. The molecule has 4 rings (SSSR count). The average Bonchev–Trinajstić information content (AvgIpc) is 3.18. The zero-order chi connectivity index (χ0) is 45.1. The molecule has 1 aromatic rings. The summed E-state index contributed by atoms with van der Waals surface area (Å²) in [5, 5.41) is 62.3. The predicted molar refractivity (Wildman–Crippen MR) is 224 cm³/mol. The SMILES string of the molecule is CC[C@H]1OC(=O)[C@H](C)[C@@H](O[C@@H]2C[C@](C)(OC)[C@H](O)[C@@H](C)O2)[C@H](C)[C@@H](O[C@@H]2O[C@H](C)C[C@@H](N(C)C)[C@H]2O)[C@](C)(O)C[C@@H](C)CN(C(=O)Nc2ccccc2)[C@H](C)[C@@H](O)[C@]1(C)O. The topological polar surface area (TPSA) is 209 Å². The molecule has 16 heteroatoms. The highest BCUT2D eigenvalue weighted by atomic mass is 16.7. The van der Waals surface area contributed by atoms with E-state index >= 15 is 0 Å². The van der Waals surface area contributed by atoms with Crippen LogP contribution in [0.5, 0.6) is 0 Å². The molecule has 0 radical (unpaired) electrons. The summed E-state index contributed by atoms with van der Waals surface area (Å²) in [7, 11) is 5.21. The lowest BCUT2D eigenvalue weighted by atomic mass is 9.77. The van der Waals surface area contributed by atoms with Crippen LogP contribution in [0.4, 0.5) is 10.5 Å². The van der Waals surface area contributed by atoms with Gasteiger partial charge in [0.1, 0.15) is 30.0 Å². The number of aliphatic hydroxyl groups excluding tert-OH is 3. The molecule has 3 saturated heterocycles. The van der Waals surface area contributed by atoms with E-state index in [1.807, 2.05) is 38.9 Å². The number of nitrogens with one attached hydrogen (secondary N) is 1. The van der Waals surface area contributed by atoms with Crippen LogP contribution in [0.3, 0.4) is 0 Å². The number of methoxy groups -OCH3 is 1. The Bertz CT molecular complexity index is 1540. The molecule has 3 aliphatic heterocycles. The fourth-order valence-electron chi connectivity index (χ4n) is 9.49. The van der Waals surface area contributed by atoms with E-state index in [2.05, 4.69) is 5.32 Å². The number of likely N-dealkylation sites (N-methyl/N-ethyl adjacent to an activating group) is 1. The van der Waals surface area contributed by atoms with E-state index in [-0.39, 0.29) is 38.0 Å². The van der Waals surface area contributed by atoms with Crippen molar-refractivity contribution >= 4 is 17.7 Å². The van der Waals surface area contributed by atoms with Gasteiger partial charge >= 0.3 is 12.0 Å². The summed E-state index contributed by atoms with van der Waals surface area (Å²) >= 11 is 0. The van der Waals surface area contributed by atoms with Gasteiger partial charge in [-0.15, -0.1) is 0 Å². The quantitative estimate of drug-likeness (QED) is 0.207. The van der Waals surface area contributed by atoms with Crippen LogP contribution in [-0.4, -0.2) is 165 Å². The van der Waals surface area contributed by atoms with Crippen LogP contribution in [0.1, 0.15) is 94.9 Å². The number of hydrogen-bond donors (Lipinski definition) is 6. The second-order valence-electron chi connectivity index (χ2n) is 18.7. The highest BCUT2D eigenvalue weighted by Gasteiger charge is 2.53. The maximum Gasteiger partial charge on any atom is 0.322 e. The van der Waals surface area contributed by atoms with Crippen molar-refractivity contribution in [1.82, 2.24) is 9.80 Å². The van der Waals surface area contributed by atoms with Gasteiger partial charge in [0.2, 0.25) is 0 Å². The maximum absolute atomic E-state index is 14.4. The summed E-state index contributed by atoms with van der Waals surface area (Å²) in [5.74, 6) is -3.18. The number of hydrogen-bond acceptors (Lipinski definition) is 14. The molecule has 3 aliphatic rings. The Balaban J connectivity index is 1.86. The van der Waals surface area contributed by atoms with Gasteiger partial charge in [-0.2, -0.15) is 0 Å². The van der Waals surface area contributed by atoms with Crippen LogP contribution in [0.15, 0.2) is 30.3 Å². The second kappa shape index (κ2) is 20.4. The summed E-state index contributed by atoms with van der Waals surface area (Å²) in [5.41, 5.74) is -4.33. The molecule has 2 amide bonds. The van der Waals surface area contributed by atoms with Crippen molar-refractivity contribution in [2.75, 3.05) is 33.1 Å². The minimum absolute atomic E-state index is 0.0190. The van der Waals surface area contributed by atoms with E-state index in [1.165, 1.54) is 18.9 Å². The third-order valence-corrected chi connectivity index (χ3v) is 13.2. The lowest BCUT2D eigenvalue weighted by molar-refractivity contribution is -0.318. The zero-order valence-corrected chi connectivity index (χ0v) is 38.0. The molecule has 0 aliphatic carbocycles. The van der Waals surface area contributed by atoms with Crippen molar-refractivity contribution in [2.45, 2.75) is 185 Å². The fraction of sp³-hybridized carbons (Fsp3) is 0.818. The lowest BCUT2D eigenvalue weighted by Gasteiger charge is -2.48. The minimum Gasteiger partial charge on any atom is -0.459 e. The standard InChI is InChI=1S/C44H75N3O13/c1-14-32-44(10,54)36(49)28(6)47(41(52)45-30-18-16-15-17-19-30)23-24(2)21-42(8,53)38(60-40-34(48)31(46(11)12)20-25(3)56-40)26(4)35(27(5)39(51)58-32)59-33-22-43(9,55-13)37(50)29(7)57-33/h15-19,24-29,31-38,40,48-50,53-54H,14,20-23H2,1-13H3,(H,45,52)/t24-,25-,26+,27-,28-,29-,31-,32-,33-,34-,35+,36-,37-,38-,40+,42-,43+,44-/m1/s1. The molecule has 16 nitrogen and oxygen atoms in total. The summed E-state index contributed by atoms with van der Waals surface area (Å²) < 4.78 is 37.7. The van der Waals surface area contributed by atoms with E-state index < -0.39 is 108 Å². The molecule has 1 aromatic carbocycles. The smallest absolute Gasteiger partial charge is 0.322 e. The second-order valence-corrected chi connectivity index (χ2v) is 18.7. The van der Waals surface area contributed by atoms with Crippen LogP contribution in [0.25, 0.3) is 0 Å². The van der Waals surface area contributed by atoms with Gasteiger partial charge in [0.05, 0.1) is 47.6 Å². The number of nitrogens with zero attached hydrogens (tertiary/aromatic N) is 2. The average molecular weight is 854 g/mol. The first kappa shape index (κ1) is 50.2. The number of rotatable bonds is 8. The van der Waals surface area contributed by atoms with Crippen molar-refractivity contribution in [2.24, 2.45) is 17.8 Å². The third-order valence-electron chi connectivity index (χ3n) is 13.2. The van der Waals surface area contributed by atoms with Gasteiger partial charge in [0, 0.05) is 37.7 Å². The Labute approximate surface area is 356 Å². The number of carbonyl (C=O) groups is 2. The number of esters is 1. The molecule has 0 aromatic heterocycles. The van der Waals surface area contributed by atoms with Gasteiger partial charge in [-0.25, -0.2) is 4.79 Å². The Hall–Kier alpha value is -2.48. The van der Waals surface area contributed by atoms with Crippen molar-refractivity contribution < 1.29 is 63.5 Å². The third kappa shape index (κ3) is 11.4. The zero-order valence-electron chi connectivity index (χ0n) is 38.0. The van der Waals surface area contributed by atoms with Crippen molar-refractivity contribution in [3.05, 3.63) is 30.3 Å². The highest BCUT2D eigenvalue weighted by Crippen LogP contribution is 2.40. The molecule has 344 valence electrons. The Morgan fingerprint density at radius 3 is 2.17 bits per heavy atom. The number of carbonyl (C=O) groups excluding carboxylic acids is 2. The summed E-state index contributed by atoms with van der Waals surface area (Å²) in [6.07, 6.45) is -9.69. The molecule has 3 fully saturated rings. The van der Waals surface area contributed by atoms with E-state index in [4.69, 9.17) is 28.4 Å². The van der Waals surface area contributed by atoms with Crippen LogP contribution in [0.2, 0.25) is 0 Å². The Morgan fingerprint density at radius 2 is 1.58 bits per heavy atom. The van der Waals surface area contributed by atoms with Gasteiger partial charge in [-0.1, -0.05) is 39.0 Å². The van der Waals surface area contributed by atoms with Crippen molar-refractivity contribution in [3.63, 3.8) is 0 Å². The van der Waals surface area contributed by atoms with Gasteiger partial charge in [0.25, 0.3) is 0 Å². The summed E-state index contributed by atoms with van der Waals surface area (Å²) in [6.45, 7) is 16.9. The number of aliphatic hydroxyl groups is 5. The molecular formula is C44H75N3O13. The first-order valence-corrected chi connectivity index (χ1v) is 21.5. The van der Waals surface area contributed by atoms with E-state index in [1.54, 1.807) is 72.7 Å². The number of benzene rings is 1. The number of cyclic esters (lactones) is 1. The first-order valence-electron chi connectivity index (χ1n) is 21.5. The maximum atomic E-state index is 14.4. The number of anilines is 1. The number of para-hydroxylation sites is 1. The van der Waals surface area contributed by atoms with E-state index in [9.17, 15) is 35.1 Å². The van der Waals surface area contributed by atoms with Gasteiger partial charge in [-0.3, -0.25) is 4.79 Å². The van der Waals surface area contributed by atoms with Gasteiger partial charge in [-0.05, 0) is 99.9 Å². The molecule has 18 atom stereocenters. The van der Waals surface area contributed by atoms with E-state index in [0.717, 1.165) is 0 Å². The monoisotopic (exact) mass is 854 g/mol. The molecule has 6 N–H and O–H groups in total. The van der Waals surface area contributed by atoms with Crippen molar-refractivity contribution in [3.8, 4) is 0 Å². The number of urea groups is 1. The minimum atomic E-state index is -2.04. The molecule has 60 heavy (non-hydrogen) atoms. The molecule has 0 saturated carbocycles. The normalized spacial score (nSPS) is 44.1. The lowest BCUT2D eigenvalue weighted by Crippen LogP contribution is -2.61. The summed E-state index contributed by atoms with van der Waals surface area (Å²) in [6, 6.07) is 6.93. The molecule has 0 spiro atoms. The summed E-state index contributed by atoms with van der Waals surface area (Å²) in [4.78, 5) is 31.9. The molecule has 0 unspecified atom stereocenters. The Morgan fingerprint density at radius 1 is 0.950 bits per heavy atom. The largest absolute Gasteiger partial charge is 0.459 e.